The number of rotatable bonds is 10. The van der Waals surface area contributed by atoms with Crippen LogP contribution in [0.3, 0.4) is 0 Å². The molecule has 2 unspecified atom stereocenters. The molecule has 8 heteroatoms. The smallest absolute Gasteiger partial charge is 0.295 e. The maximum Gasteiger partial charge on any atom is 0.295 e. The summed E-state index contributed by atoms with van der Waals surface area (Å²) in [6, 6.07) is 9.87. The van der Waals surface area contributed by atoms with Gasteiger partial charge in [0, 0.05) is 25.6 Å². The molecule has 0 bridgehead atoms. The number of nitrogens with zero attached hydrogens (tertiary/aromatic N) is 1. The molecule has 1 N–H and O–H groups in total. The van der Waals surface area contributed by atoms with Crippen molar-refractivity contribution >= 4 is 17.4 Å². The Morgan fingerprint density at radius 1 is 1.08 bits per heavy atom. The second-order valence-electron chi connectivity index (χ2n) is 8.93. The molecule has 1 saturated heterocycles. The maximum atomic E-state index is 13.3. The van der Waals surface area contributed by atoms with E-state index in [0.717, 1.165) is 17.7 Å². The molecule has 0 saturated carbocycles. The molecule has 0 radical (unpaired) electrons. The third-order valence-electron chi connectivity index (χ3n) is 6.29. The molecule has 4 rings (SSSR count). The minimum atomic E-state index is -0.803. The van der Waals surface area contributed by atoms with Gasteiger partial charge in [0.15, 0.2) is 11.5 Å². The third-order valence-corrected chi connectivity index (χ3v) is 6.29. The van der Waals surface area contributed by atoms with Crippen molar-refractivity contribution in [3.63, 3.8) is 0 Å². The molecule has 2 heterocycles. The van der Waals surface area contributed by atoms with E-state index in [0.29, 0.717) is 42.3 Å². The van der Waals surface area contributed by atoms with Crippen molar-refractivity contribution in [1.82, 2.24) is 4.90 Å². The van der Waals surface area contributed by atoms with Crippen molar-refractivity contribution in [1.29, 1.82) is 0 Å². The number of amides is 1. The van der Waals surface area contributed by atoms with E-state index in [4.69, 9.17) is 18.9 Å². The van der Waals surface area contributed by atoms with E-state index in [1.165, 1.54) is 12.0 Å². The van der Waals surface area contributed by atoms with Crippen molar-refractivity contribution in [3.05, 3.63) is 58.7 Å². The quantitative estimate of drug-likeness (QED) is 0.299. The largest absolute Gasteiger partial charge is 0.507 e. The second kappa shape index (κ2) is 11.0. The number of methoxy groups -OCH3 is 1. The number of benzene rings is 2. The first kappa shape index (κ1) is 25.6. The lowest BCUT2D eigenvalue weighted by Crippen LogP contribution is -2.32. The first-order valence-corrected chi connectivity index (χ1v) is 12.4. The zero-order chi connectivity index (χ0) is 25.8. The normalized spacial score (nSPS) is 20.4. The van der Waals surface area contributed by atoms with Gasteiger partial charge in [-0.05, 0) is 61.7 Å². The average molecular weight is 496 g/mol. The zero-order valence-corrected chi connectivity index (χ0v) is 21.2. The molecular weight excluding hydrogens is 462 g/mol. The van der Waals surface area contributed by atoms with Gasteiger partial charge in [-0.2, -0.15) is 0 Å². The first-order valence-electron chi connectivity index (χ1n) is 12.4. The van der Waals surface area contributed by atoms with Crippen molar-refractivity contribution in [2.45, 2.75) is 45.8 Å². The van der Waals surface area contributed by atoms with Gasteiger partial charge in [0.05, 0.1) is 31.4 Å². The number of hydrogen-bond donors (Lipinski definition) is 1. The number of ether oxygens (including phenoxy) is 4. The predicted octanol–water partition coefficient (Wildman–Crippen LogP) is 4.27. The molecule has 0 aromatic heterocycles. The maximum absolute atomic E-state index is 13.3. The van der Waals surface area contributed by atoms with E-state index in [1.807, 2.05) is 26.8 Å². The Kier molecular flexibility index (Phi) is 7.84. The lowest BCUT2D eigenvalue weighted by Gasteiger charge is -2.26. The molecule has 0 aliphatic carbocycles. The summed E-state index contributed by atoms with van der Waals surface area (Å²) in [6.07, 6.45) is 1.59. The zero-order valence-electron chi connectivity index (χ0n) is 21.2. The number of carbonyl (C=O) groups is 2. The highest BCUT2D eigenvalue weighted by Gasteiger charge is 2.46. The number of aliphatic hydroxyl groups excluding tert-OH is 1. The Labute approximate surface area is 211 Å². The van der Waals surface area contributed by atoms with Gasteiger partial charge in [0.2, 0.25) is 0 Å². The van der Waals surface area contributed by atoms with E-state index in [9.17, 15) is 14.7 Å². The summed E-state index contributed by atoms with van der Waals surface area (Å²) in [7, 11) is 1.53. The van der Waals surface area contributed by atoms with Crippen LogP contribution in [0.2, 0.25) is 0 Å². The van der Waals surface area contributed by atoms with Gasteiger partial charge in [0.1, 0.15) is 17.6 Å². The van der Waals surface area contributed by atoms with Gasteiger partial charge in [0.25, 0.3) is 11.7 Å². The van der Waals surface area contributed by atoms with Crippen LogP contribution < -0.4 is 14.2 Å². The molecule has 2 aromatic carbocycles. The van der Waals surface area contributed by atoms with E-state index < -0.39 is 17.7 Å². The summed E-state index contributed by atoms with van der Waals surface area (Å²) in [5, 5.41) is 11.4. The van der Waals surface area contributed by atoms with E-state index in [1.54, 1.807) is 30.3 Å². The summed E-state index contributed by atoms with van der Waals surface area (Å²) >= 11 is 0. The van der Waals surface area contributed by atoms with Crippen molar-refractivity contribution < 1.29 is 33.6 Å². The van der Waals surface area contributed by atoms with Crippen LogP contribution in [0.15, 0.2) is 42.0 Å². The Morgan fingerprint density at radius 2 is 1.89 bits per heavy atom. The Hall–Kier alpha value is -3.52. The second-order valence-corrected chi connectivity index (χ2v) is 8.93. The van der Waals surface area contributed by atoms with Crippen LogP contribution in [-0.2, 0) is 20.7 Å². The number of ketones is 1. The molecule has 1 amide bonds. The molecule has 1 fully saturated rings. The van der Waals surface area contributed by atoms with Crippen molar-refractivity contribution in [2.24, 2.45) is 0 Å². The lowest BCUT2D eigenvalue weighted by atomic mass is 9.94. The Balaban J connectivity index is 1.82. The van der Waals surface area contributed by atoms with E-state index in [-0.39, 0.29) is 30.6 Å². The van der Waals surface area contributed by atoms with Crippen LogP contribution in [0.25, 0.3) is 5.76 Å². The lowest BCUT2D eigenvalue weighted by molar-refractivity contribution is -0.140. The minimum Gasteiger partial charge on any atom is -0.507 e. The summed E-state index contributed by atoms with van der Waals surface area (Å²) < 4.78 is 22.6. The number of fused-ring (bicyclic) bond motifs is 1. The van der Waals surface area contributed by atoms with Crippen LogP contribution in [-0.4, -0.2) is 61.3 Å². The van der Waals surface area contributed by atoms with E-state index in [2.05, 4.69) is 0 Å². The van der Waals surface area contributed by atoms with Gasteiger partial charge in [-0.3, -0.25) is 9.59 Å². The molecule has 8 nitrogen and oxygen atoms in total. The van der Waals surface area contributed by atoms with Gasteiger partial charge in [-0.25, -0.2) is 0 Å². The van der Waals surface area contributed by atoms with Gasteiger partial charge in [-0.15, -0.1) is 0 Å². The first-order chi connectivity index (χ1) is 17.4. The average Bonchev–Trinajstić information content (AvgIpc) is 3.37. The van der Waals surface area contributed by atoms with Crippen LogP contribution >= 0.6 is 0 Å². The molecular formula is C28H33NO7. The summed E-state index contributed by atoms with van der Waals surface area (Å²) in [6.45, 7) is 7.26. The number of aliphatic hydroxyl groups is 1. The molecule has 0 spiro atoms. The van der Waals surface area contributed by atoms with Gasteiger partial charge >= 0.3 is 0 Å². The molecule has 36 heavy (non-hydrogen) atoms. The Morgan fingerprint density at radius 3 is 2.61 bits per heavy atom. The highest BCUT2D eigenvalue weighted by atomic mass is 16.5. The fourth-order valence-electron chi connectivity index (χ4n) is 4.67. The molecule has 2 aromatic rings. The number of Topliss-reactive ketones (excluding diaryl/α,β-unsaturated/α-hetero) is 1. The molecule has 2 atom stereocenters. The Bertz CT molecular complexity index is 1170. The van der Waals surface area contributed by atoms with Gasteiger partial charge in [-0.1, -0.05) is 13.0 Å². The highest BCUT2D eigenvalue weighted by molar-refractivity contribution is 6.46. The highest BCUT2D eigenvalue weighted by Crippen LogP contribution is 2.42. The third kappa shape index (κ3) is 4.91. The molecule has 2 aliphatic rings. The van der Waals surface area contributed by atoms with Crippen LogP contribution in [0.4, 0.5) is 0 Å². The van der Waals surface area contributed by atoms with Crippen molar-refractivity contribution in [3.8, 4) is 17.2 Å². The number of likely N-dealkylation sites (tertiary alicyclic amines) is 1. The molecule has 192 valence electrons. The standard InChI is InChI=1S/C28H33NO7/c1-5-12-35-22-10-7-18(16-23(22)34-6-2)25-24(27(31)28(32)29(25)11-13-33-4)26(30)19-8-9-21-20(15-19)14-17(3)36-21/h7-10,15-17,25,30H,5-6,11-14H2,1-4H3/b26-24+. The van der Waals surface area contributed by atoms with Crippen LogP contribution in [0, 0.1) is 0 Å². The number of hydrogen-bond acceptors (Lipinski definition) is 7. The summed E-state index contributed by atoms with van der Waals surface area (Å²) in [4.78, 5) is 27.8. The fraction of sp³-hybridized carbons (Fsp3) is 0.429. The monoisotopic (exact) mass is 495 g/mol. The predicted molar refractivity (Wildman–Crippen MR) is 135 cm³/mol. The topological polar surface area (TPSA) is 94.5 Å². The minimum absolute atomic E-state index is 0.0349. The fourth-order valence-corrected chi connectivity index (χ4v) is 4.67. The van der Waals surface area contributed by atoms with E-state index >= 15 is 0 Å². The summed E-state index contributed by atoms with van der Waals surface area (Å²) in [5.74, 6) is 0.238. The number of carbonyl (C=O) groups excluding carboxylic acids is 2. The molecule has 2 aliphatic heterocycles. The van der Waals surface area contributed by atoms with Crippen LogP contribution in [0.1, 0.15) is 49.9 Å². The summed E-state index contributed by atoms with van der Waals surface area (Å²) in [5.41, 5.74) is 2.09. The van der Waals surface area contributed by atoms with Crippen molar-refractivity contribution in [2.75, 3.05) is 33.5 Å². The van der Waals surface area contributed by atoms with Crippen LogP contribution in [0.5, 0.6) is 17.2 Å². The SMILES string of the molecule is CCCOc1ccc(C2/C(=C(\O)c3ccc4c(c3)CC(C)O4)C(=O)C(=O)N2CCOC)cc1OCC. The van der Waals surface area contributed by atoms with Gasteiger partial charge < -0.3 is 29.0 Å².